The highest BCUT2D eigenvalue weighted by atomic mass is 19.1. The van der Waals surface area contributed by atoms with Crippen LogP contribution in [0.5, 0.6) is 0 Å². The maximum absolute atomic E-state index is 13.1. The van der Waals surface area contributed by atoms with E-state index in [0.717, 1.165) is 0 Å². The van der Waals surface area contributed by atoms with Crippen molar-refractivity contribution in [1.82, 2.24) is 4.98 Å². The first-order valence-corrected chi connectivity index (χ1v) is 3.82. The van der Waals surface area contributed by atoms with Gasteiger partial charge in [-0.05, 0) is 6.07 Å². The highest BCUT2D eigenvalue weighted by Gasteiger charge is 2.16. The van der Waals surface area contributed by atoms with E-state index in [1.54, 1.807) is 6.07 Å². The maximum Gasteiger partial charge on any atom is 0.490 e. The molecule has 0 bridgehead atoms. The standard InChI is InChI=1S/C8H7BFNO2/c10-7-3-1-2-5-6(9(12)13)4-11-8(5)7/h1-4,11-13H. The van der Waals surface area contributed by atoms with Crippen LogP contribution in [0, 0.1) is 5.82 Å². The second-order valence-corrected chi connectivity index (χ2v) is 2.78. The molecule has 0 amide bonds. The lowest BCUT2D eigenvalue weighted by molar-refractivity contribution is 0.426. The van der Waals surface area contributed by atoms with Gasteiger partial charge in [-0.15, -0.1) is 0 Å². The van der Waals surface area contributed by atoms with E-state index in [1.807, 2.05) is 0 Å². The highest BCUT2D eigenvalue weighted by molar-refractivity contribution is 6.62. The third kappa shape index (κ3) is 1.22. The Morgan fingerprint density at radius 3 is 2.77 bits per heavy atom. The normalized spacial score (nSPS) is 10.7. The molecule has 2 rings (SSSR count). The fourth-order valence-electron chi connectivity index (χ4n) is 1.35. The van der Waals surface area contributed by atoms with Crippen molar-refractivity contribution < 1.29 is 14.4 Å². The smallest absolute Gasteiger partial charge is 0.423 e. The van der Waals surface area contributed by atoms with E-state index in [4.69, 9.17) is 10.0 Å². The Morgan fingerprint density at radius 1 is 1.31 bits per heavy atom. The van der Waals surface area contributed by atoms with Gasteiger partial charge in [-0.3, -0.25) is 0 Å². The Kier molecular flexibility index (Phi) is 1.83. The highest BCUT2D eigenvalue weighted by Crippen LogP contribution is 2.13. The molecular formula is C8H7BFNO2. The Hall–Kier alpha value is -1.33. The monoisotopic (exact) mass is 179 g/mol. The van der Waals surface area contributed by atoms with Gasteiger partial charge in [-0.2, -0.15) is 0 Å². The summed E-state index contributed by atoms with van der Waals surface area (Å²) in [4.78, 5) is 2.64. The van der Waals surface area contributed by atoms with Crippen molar-refractivity contribution in [3.63, 3.8) is 0 Å². The van der Waals surface area contributed by atoms with E-state index in [1.165, 1.54) is 18.3 Å². The van der Waals surface area contributed by atoms with Gasteiger partial charge in [0.2, 0.25) is 0 Å². The van der Waals surface area contributed by atoms with Gasteiger partial charge in [-0.25, -0.2) is 4.39 Å². The summed E-state index contributed by atoms with van der Waals surface area (Å²) in [6.07, 6.45) is 1.39. The molecule has 0 atom stereocenters. The molecule has 0 radical (unpaired) electrons. The number of para-hydroxylation sites is 1. The third-order valence-corrected chi connectivity index (χ3v) is 1.97. The molecule has 0 aliphatic heterocycles. The minimum absolute atomic E-state index is 0.287. The van der Waals surface area contributed by atoms with Gasteiger partial charge in [-0.1, -0.05) is 12.1 Å². The number of hydrogen-bond acceptors (Lipinski definition) is 2. The molecule has 0 spiro atoms. The molecule has 13 heavy (non-hydrogen) atoms. The second-order valence-electron chi connectivity index (χ2n) is 2.78. The van der Waals surface area contributed by atoms with Crippen molar-refractivity contribution in [2.45, 2.75) is 0 Å². The van der Waals surface area contributed by atoms with Crippen LogP contribution in [-0.2, 0) is 0 Å². The Morgan fingerprint density at radius 2 is 2.08 bits per heavy atom. The topological polar surface area (TPSA) is 56.2 Å². The van der Waals surface area contributed by atoms with Crippen LogP contribution >= 0.6 is 0 Å². The van der Waals surface area contributed by atoms with Crippen LogP contribution in [0.25, 0.3) is 10.9 Å². The SMILES string of the molecule is OB(O)c1c[nH]c2c(F)cccc12. The van der Waals surface area contributed by atoms with Gasteiger partial charge in [0.25, 0.3) is 0 Å². The summed E-state index contributed by atoms with van der Waals surface area (Å²) < 4.78 is 13.1. The molecule has 0 saturated carbocycles. The molecule has 0 aliphatic carbocycles. The number of aromatic amines is 1. The fraction of sp³-hybridized carbons (Fsp3) is 0. The molecule has 66 valence electrons. The molecule has 1 aromatic heterocycles. The molecule has 3 N–H and O–H groups in total. The zero-order valence-corrected chi connectivity index (χ0v) is 6.66. The van der Waals surface area contributed by atoms with Crippen LogP contribution in [0.3, 0.4) is 0 Å². The number of benzene rings is 1. The minimum atomic E-state index is -1.57. The predicted molar refractivity (Wildman–Crippen MR) is 48.1 cm³/mol. The number of hydrogen-bond donors (Lipinski definition) is 3. The van der Waals surface area contributed by atoms with E-state index in [-0.39, 0.29) is 5.46 Å². The summed E-state index contributed by atoms with van der Waals surface area (Å²) >= 11 is 0. The average molecular weight is 179 g/mol. The summed E-state index contributed by atoms with van der Waals surface area (Å²) in [5.74, 6) is -0.399. The lowest BCUT2D eigenvalue weighted by atomic mass is 9.80. The zero-order valence-electron chi connectivity index (χ0n) is 6.66. The van der Waals surface area contributed by atoms with Gasteiger partial charge >= 0.3 is 7.12 Å². The van der Waals surface area contributed by atoms with Crippen LogP contribution < -0.4 is 5.46 Å². The Labute approximate surface area is 74.0 Å². The summed E-state index contributed by atoms with van der Waals surface area (Å²) in [7, 11) is -1.57. The van der Waals surface area contributed by atoms with Crippen LogP contribution in [0.1, 0.15) is 0 Å². The molecule has 0 aliphatic rings. The molecule has 0 fully saturated rings. The van der Waals surface area contributed by atoms with Gasteiger partial charge in [0.15, 0.2) is 0 Å². The summed E-state index contributed by atoms with van der Waals surface area (Å²) in [5, 5.41) is 18.3. The molecule has 1 heterocycles. The van der Waals surface area contributed by atoms with Crippen molar-refractivity contribution in [3.05, 3.63) is 30.2 Å². The van der Waals surface area contributed by atoms with Gasteiger partial charge in [0, 0.05) is 17.0 Å². The first-order valence-electron chi connectivity index (χ1n) is 3.82. The quantitative estimate of drug-likeness (QED) is 0.539. The number of nitrogens with one attached hydrogen (secondary N) is 1. The third-order valence-electron chi connectivity index (χ3n) is 1.97. The van der Waals surface area contributed by atoms with E-state index in [9.17, 15) is 4.39 Å². The van der Waals surface area contributed by atoms with Crippen molar-refractivity contribution in [2.24, 2.45) is 0 Å². The Balaban J connectivity index is 2.75. The van der Waals surface area contributed by atoms with Crippen molar-refractivity contribution in [3.8, 4) is 0 Å². The van der Waals surface area contributed by atoms with Crippen LogP contribution in [0.2, 0.25) is 0 Å². The van der Waals surface area contributed by atoms with Crippen molar-refractivity contribution in [1.29, 1.82) is 0 Å². The molecule has 3 nitrogen and oxygen atoms in total. The average Bonchev–Trinajstić information content (AvgIpc) is 2.48. The first kappa shape index (κ1) is 8.28. The molecule has 2 aromatic rings. The van der Waals surface area contributed by atoms with E-state index in [2.05, 4.69) is 4.98 Å². The zero-order chi connectivity index (χ0) is 9.42. The van der Waals surface area contributed by atoms with Crippen LogP contribution in [-0.4, -0.2) is 22.2 Å². The molecule has 5 heteroatoms. The largest absolute Gasteiger partial charge is 0.490 e. The van der Waals surface area contributed by atoms with E-state index < -0.39 is 12.9 Å². The number of H-pyrrole nitrogens is 1. The maximum atomic E-state index is 13.1. The summed E-state index contributed by atoms with van der Waals surface area (Å²) in [5.41, 5.74) is 0.583. The fourth-order valence-corrected chi connectivity index (χ4v) is 1.35. The number of aromatic nitrogens is 1. The van der Waals surface area contributed by atoms with Gasteiger partial charge in [0.05, 0.1) is 5.52 Å². The predicted octanol–water partition coefficient (Wildman–Crippen LogP) is -0.0132. The lowest BCUT2D eigenvalue weighted by Crippen LogP contribution is -2.28. The van der Waals surface area contributed by atoms with Gasteiger partial charge < -0.3 is 15.0 Å². The van der Waals surface area contributed by atoms with Gasteiger partial charge in [0.1, 0.15) is 5.82 Å². The molecule has 0 unspecified atom stereocenters. The number of halogens is 1. The number of fused-ring (bicyclic) bond motifs is 1. The van der Waals surface area contributed by atoms with Crippen molar-refractivity contribution >= 4 is 23.5 Å². The minimum Gasteiger partial charge on any atom is -0.423 e. The first-order chi connectivity index (χ1) is 6.20. The lowest BCUT2D eigenvalue weighted by Gasteiger charge is -1.95. The number of rotatable bonds is 1. The van der Waals surface area contributed by atoms with Crippen LogP contribution in [0.4, 0.5) is 4.39 Å². The van der Waals surface area contributed by atoms with E-state index in [0.29, 0.717) is 10.9 Å². The summed E-state index contributed by atoms with van der Waals surface area (Å²) in [6, 6.07) is 4.47. The second kappa shape index (κ2) is 2.87. The molecule has 0 saturated heterocycles. The molecular weight excluding hydrogens is 172 g/mol. The van der Waals surface area contributed by atoms with E-state index >= 15 is 0 Å². The Bertz CT molecular complexity index is 441. The van der Waals surface area contributed by atoms with Crippen LogP contribution in [0.15, 0.2) is 24.4 Å². The summed E-state index contributed by atoms with van der Waals surface area (Å²) in [6.45, 7) is 0. The molecule has 1 aromatic carbocycles. The van der Waals surface area contributed by atoms with Crippen molar-refractivity contribution in [2.75, 3.05) is 0 Å².